The number of rotatable bonds is 5. The van der Waals surface area contributed by atoms with Crippen molar-refractivity contribution in [3.05, 3.63) is 29.8 Å². The van der Waals surface area contributed by atoms with Crippen LogP contribution in [0.3, 0.4) is 0 Å². The quantitative estimate of drug-likeness (QED) is 0.639. The summed E-state index contributed by atoms with van der Waals surface area (Å²) < 4.78 is 0. The molecule has 3 nitrogen and oxygen atoms in total. The minimum absolute atomic E-state index is 0.0631. The Balaban J connectivity index is -0.000000663. The summed E-state index contributed by atoms with van der Waals surface area (Å²) in [6.07, 6.45) is 3.53. The van der Waals surface area contributed by atoms with Crippen LogP contribution in [0.2, 0.25) is 0 Å². The zero-order chi connectivity index (χ0) is 21.4. The molecule has 0 saturated heterocycles. The summed E-state index contributed by atoms with van der Waals surface area (Å²) >= 11 is 0. The zero-order valence-electron chi connectivity index (χ0n) is 19.4. The van der Waals surface area contributed by atoms with Gasteiger partial charge in [-0.25, -0.2) is 0 Å². The summed E-state index contributed by atoms with van der Waals surface area (Å²) in [5.41, 5.74) is 6.71. The predicted octanol–water partition coefficient (Wildman–Crippen LogP) is 6.62. The molecule has 0 spiro atoms. The van der Waals surface area contributed by atoms with E-state index in [0.29, 0.717) is 5.41 Å². The monoisotopic (exact) mass is 363 g/mol. The van der Waals surface area contributed by atoms with E-state index < -0.39 is 0 Å². The van der Waals surface area contributed by atoms with Gasteiger partial charge in [-0.05, 0) is 50.9 Å². The maximum Gasteiger partial charge on any atom is 0.0992 e. The molecule has 0 radical (unpaired) electrons. The van der Waals surface area contributed by atoms with E-state index in [2.05, 4.69) is 78.3 Å². The van der Waals surface area contributed by atoms with Crippen LogP contribution in [0.4, 0.5) is 5.69 Å². The van der Waals surface area contributed by atoms with Crippen LogP contribution in [-0.4, -0.2) is 19.6 Å². The number of hydrogen-bond acceptors (Lipinski definition) is 3. The molecule has 26 heavy (non-hydrogen) atoms. The topological polar surface area (TPSA) is 53.0 Å². The van der Waals surface area contributed by atoms with E-state index in [0.717, 1.165) is 17.7 Å². The number of nitriles is 1. The Morgan fingerprint density at radius 3 is 1.88 bits per heavy atom. The minimum Gasteiger partial charge on any atom is -0.369 e. The van der Waals surface area contributed by atoms with E-state index in [1.54, 1.807) is 0 Å². The van der Waals surface area contributed by atoms with Gasteiger partial charge in [-0.3, -0.25) is 0 Å². The summed E-state index contributed by atoms with van der Waals surface area (Å²) in [5.74, 6) is 0. The van der Waals surface area contributed by atoms with Crippen molar-refractivity contribution in [2.45, 2.75) is 87.1 Å². The van der Waals surface area contributed by atoms with Gasteiger partial charge in [0.15, 0.2) is 0 Å². The molecule has 0 aromatic heterocycles. The summed E-state index contributed by atoms with van der Waals surface area (Å²) in [5, 5.41) is 9.00. The third kappa shape index (κ3) is 11.9. The second kappa shape index (κ2) is 15.7. The van der Waals surface area contributed by atoms with Crippen molar-refractivity contribution in [3.8, 4) is 6.07 Å². The molecule has 1 aromatic rings. The van der Waals surface area contributed by atoms with Crippen molar-refractivity contribution < 1.29 is 0 Å². The average molecular weight is 364 g/mol. The van der Waals surface area contributed by atoms with Crippen LogP contribution in [0.25, 0.3) is 0 Å². The van der Waals surface area contributed by atoms with Gasteiger partial charge in [-0.15, -0.1) is 0 Å². The van der Waals surface area contributed by atoms with Crippen molar-refractivity contribution in [2.24, 2.45) is 11.1 Å². The first-order valence-corrected chi connectivity index (χ1v) is 9.95. The van der Waals surface area contributed by atoms with Gasteiger partial charge >= 0.3 is 0 Å². The summed E-state index contributed by atoms with van der Waals surface area (Å²) in [6, 6.07) is 10.0. The molecule has 0 saturated carbocycles. The summed E-state index contributed by atoms with van der Waals surface area (Å²) in [7, 11) is 3.61. The van der Waals surface area contributed by atoms with Gasteiger partial charge in [0.1, 0.15) is 0 Å². The maximum atomic E-state index is 9.00. The normalized spacial score (nSPS) is 9.96. The molecule has 0 fully saturated rings. The zero-order valence-corrected chi connectivity index (χ0v) is 19.4. The van der Waals surface area contributed by atoms with Gasteiger partial charge in [0.05, 0.1) is 11.6 Å². The molecule has 0 atom stereocenters. The fraction of sp³-hybridized carbons (Fsp3) is 0.696. The van der Waals surface area contributed by atoms with E-state index in [4.69, 9.17) is 5.26 Å². The molecule has 0 bridgehead atoms. The molecule has 2 N–H and O–H groups in total. The largest absolute Gasteiger partial charge is 0.369 e. The van der Waals surface area contributed by atoms with Crippen LogP contribution >= 0.6 is 0 Å². The van der Waals surface area contributed by atoms with E-state index in [1.165, 1.54) is 19.9 Å². The third-order valence-corrected chi connectivity index (χ3v) is 4.14. The van der Waals surface area contributed by atoms with Crippen molar-refractivity contribution in [3.63, 3.8) is 0 Å². The Bertz CT molecular complexity index is 484. The lowest BCUT2D eigenvalue weighted by molar-refractivity contribution is 0.245. The SMILES string of the molecule is CC.CCC.CCC(C)(C)CC(C)(C)N(C)c1cccc(C#N)c1.CN. The molecule has 152 valence electrons. The number of anilines is 1. The molecule has 0 aliphatic heterocycles. The smallest absolute Gasteiger partial charge is 0.0992 e. The van der Waals surface area contributed by atoms with Gasteiger partial charge in [0, 0.05) is 18.3 Å². The average Bonchev–Trinajstić information content (AvgIpc) is 2.64. The Labute approximate surface area is 164 Å². The van der Waals surface area contributed by atoms with Crippen LogP contribution in [0.5, 0.6) is 0 Å². The molecular formula is C23H45N3. The number of nitrogens with zero attached hydrogens (tertiary/aromatic N) is 2. The highest BCUT2D eigenvalue weighted by Gasteiger charge is 2.31. The number of benzene rings is 1. The van der Waals surface area contributed by atoms with Gasteiger partial charge in [-0.2, -0.15) is 5.26 Å². The highest BCUT2D eigenvalue weighted by atomic mass is 15.2. The van der Waals surface area contributed by atoms with Gasteiger partial charge in [0.2, 0.25) is 0 Å². The molecule has 3 heteroatoms. The lowest BCUT2D eigenvalue weighted by Gasteiger charge is -2.42. The van der Waals surface area contributed by atoms with Gasteiger partial charge in [0.25, 0.3) is 0 Å². The molecule has 0 heterocycles. The molecule has 1 rings (SSSR count). The first-order chi connectivity index (χ1) is 12.1. The van der Waals surface area contributed by atoms with Crippen LogP contribution < -0.4 is 10.6 Å². The maximum absolute atomic E-state index is 9.00. The Kier molecular flexibility index (Phi) is 17.7. The first kappa shape index (κ1) is 29.2. The fourth-order valence-electron chi connectivity index (χ4n) is 2.55. The lowest BCUT2D eigenvalue weighted by Crippen LogP contribution is -2.44. The van der Waals surface area contributed by atoms with Crippen LogP contribution in [0.1, 0.15) is 87.1 Å². The van der Waals surface area contributed by atoms with Gasteiger partial charge < -0.3 is 10.6 Å². The van der Waals surface area contributed by atoms with Crippen molar-refractivity contribution in [1.29, 1.82) is 5.26 Å². The van der Waals surface area contributed by atoms with E-state index in [9.17, 15) is 0 Å². The minimum atomic E-state index is 0.0631. The molecule has 0 amide bonds. The van der Waals surface area contributed by atoms with E-state index in [1.807, 2.05) is 32.0 Å². The summed E-state index contributed by atoms with van der Waals surface area (Å²) in [4.78, 5) is 2.28. The van der Waals surface area contributed by atoms with Gasteiger partial charge in [-0.1, -0.05) is 67.4 Å². The molecule has 0 aliphatic rings. The molecule has 1 aromatic carbocycles. The van der Waals surface area contributed by atoms with Crippen molar-refractivity contribution >= 4 is 5.69 Å². The molecule has 0 unspecified atom stereocenters. The van der Waals surface area contributed by atoms with E-state index in [-0.39, 0.29) is 5.54 Å². The lowest BCUT2D eigenvalue weighted by atomic mass is 9.77. The Morgan fingerprint density at radius 2 is 1.50 bits per heavy atom. The van der Waals surface area contributed by atoms with Crippen LogP contribution in [0, 0.1) is 16.7 Å². The second-order valence-electron chi connectivity index (χ2n) is 7.44. The molecular weight excluding hydrogens is 318 g/mol. The third-order valence-electron chi connectivity index (χ3n) is 4.14. The number of nitrogens with two attached hydrogens (primary N) is 1. The Hall–Kier alpha value is -1.53. The highest BCUT2D eigenvalue weighted by molar-refractivity contribution is 5.52. The van der Waals surface area contributed by atoms with Crippen molar-refractivity contribution in [2.75, 3.05) is 19.0 Å². The van der Waals surface area contributed by atoms with Crippen LogP contribution in [-0.2, 0) is 0 Å². The van der Waals surface area contributed by atoms with Crippen LogP contribution in [0.15, 0.2) is 24.3 Å². The first-order valence-electron chi connectivity index (χ1n) is 9.95. The molecule has 0 aliphatic carbocycles. The second-order valence-corrected chi connectivity index (χ2v) is 7.44. The fourth-order valence-corrected chi connectivity index (χ4v) is 2.55. The van der Waals surface area contributed by atoms with Crippen molar-refractivity contribution in [1.82, 2.24) is 0 Å². The van der Waals surface area contributed by atoms with E-state index >= 15 is 0 Å². The number of hydrogen-bond donors (Lipinski definition) is 1. The standard InChI is InChI=1S/C17H26N2.C3H8.C2H6.CH5N/c1-7-16(2,3)13-17(4,5)19(6)15-10-8-9-14(11-15)12-18;1-3-2;2*1-2/h8-11H,7,13H2,1-6H3;3H2,1-2H3;1-2H3;2H2,1H3. The Morgan fingerprint density at radius 1 is 1.04 bits per heavy atom. The predicted molar refractivity (Wildman–Crippen MR) is 120 cm³/mol. The highest BCUT2D eigenvalue weighted by Crippen LogP contribution is 2.35. The summed E-state index contributed by atoms with van der Waals surface area (Å²) in [6.45, 7) is 19.7.